The van der Waals surface area contributed by atoms with E-state index >= 15 is 0 Å². The first-order chi connectivity index (χ1) is 14.4. The lowest BCUT2D eigenvalue weighted by atomic mass is 10.1. The topological polar surface area (TPSA) is 90.3 Å². The molecule has 156 valence electrons. The number of esters is 1. The number of ether oxygens (including phenoxy) is 1. The van der Waals surface area contributed by atoms with E-state index in [-0.39, 0.29) is 31.0 Å². The van der Waals surface area contributed by atoms with Crippen molar-refractivity contribution in [2.24, 2.45) is 0 Å². The average Bonchev–Trinajstić information content (AvgIpc) is 2.73. The SMILES string of the molecule is Cc1ccc(CCC(=O)NCCOC(=O)Cn2cnc3ccc(F)cc3c2=O)cc1. The molecule has 1 aromatic heterocycles. The summed E-state index contributed by atoms with van der Waals surface area (Å²) in [6, 6.07) is 11.7. The van der Waals surface area contributed by atoms with E-state index in [0.717, 1.165) is 16.2 Å². The lowest BCUT2D eigenvalue weighted by Crippen LogP contribution is -2.30. The molecule has 0 atom stereocenters. The third kappa shape index (κ3) is 5.73. The molecule has 0 aliphatic rings. The minimum Gasteiger partial charge on any atom is -0.462 e. The summed E-state index contributed by atoms with van der Waals surface area (Å²) in [4.78, 5) is 40.2. The Morgan fingerprint density at radius 3 is 2.70 bits per heavy atom. The van der Waals surface area contributed by atoms with Gasteiger partial charge in [0.15, 0.2) is 0 Å². The normalized spacial score (nSPS) is 10.7. The Bertz CT molecular complexity index is 1110. The Morgan fingerprint density at radius 1 is 1.17 bits per heavy atom. The zero-order valence-corrected chi connectivity index (χ0v) is 16.6. The van der Waals surface area contributed by atoms with Gasteiger partial charge < -0.3 is 10.1 Å². The molecule has 0 unspecified atom stereocenters. The van der Waals surface area contributed by atoms with Gasteiger partial charge in [-0.1, -0.05) is 29.8 Å². The number of rotatable bonds is 8. The van der Waals surface area contributed by atoms with Crippen LogP contribution in [0.3, 0.4) is 0 Å². The number of amides is 1. The van der Waals surface area contributed by atoms with E-state index in [2.05, 4.69) is 10.3 Å². The lowest BCUT2D eigenvalue weighted by Gasteiger charge is -2.09. The average molecular weight is 411 g/mol. The van der Waals surface area contributed by atoms with Crippen LogP contribution in [0.4, 0.5) is 4.39 Å². The van der Waals surface area contributed by atoms with Crippen LogP contribution in [0.25, 0.3) is 10.9 Å². The second-order valence-corrected chi connectivity index (χ2v) is 6.90. The molecule has 0 spiro atoms. The molecule has 1 heterocycles. The Kier molecular flexibility index (Phi) is 6.90. The number of nitrogens with zero attached hydrogens (tertiary/aromatic N) is 2. The zero-order valence-electron chi connectivity index (χ0n) is 16.6. The van der Waals surface area contributed by atoms with E-state index in [0.29, 0.717) is 18.4 Å². The Balaban J connectivity index is 1.41. The number of hydrogen-bond donors (Lipinski definition) is 1. The number of nitrogens with one attached hydrogen (secondary N) is 1. The van der Waals surface area contributed by atoms with Crippen LogP contribution in [0.2, 0.25) is 0 Å². The molecule has 0 aliphatic carbocycles. The molecule has 0 saturated carbocycles. The maximum atomic E-state index is 13.3. The highest BCUT2D eigenvalue weighted by molar-refractivity contribution is 5.78. The summed E-state index contributed by atoms with van der Waals surface area (Å²) in [5.41, 5.74) is 2.07. The summed E-state index contributed by atoms with van der Waals surface area (Å²) in [7, 11) is 0. The van der Waals surface area contributed by atoms with Gasteiger partial charge in [-0.15, -0.1) is 0 Å². The Morgan fingerprint density at radius 2 is 1.93 bits per heavy atom. The fourth-order valence-corrected chi connectivity index (χ4v) is 2.88. The van der Waals surface area contributed by atoms with Crippen LogP contribution in [0, 0.1) is 12.7 Å². The Labute approximate surface area is 172 Å². The van der Waals surface area contributed by atoms with Gasteiger partial charge in [0.2, 0.25) is 5.91 Å². The molecule has 3 aromatic rings. The fraction of sp³-hybridized carbons (Fsp3) is 0.273. The molecule has 3 rings (SSSR count). The van der Waals surface area contributed by atoms with Crippen LogP contribution < -0.4 is 10.9 Å². The zero-order chi connectivity index (χ0) is 21.5. The molecular formula is C22H22FN3O4. The van der Waals surface area contributed by atoms with Crippen LogP contribution in [0.1, 0.15) is 17.5 Å². The van der Waals surface area contributed by atoms with Crippen molar-refractivity contribution in [1.29, 1.82) is 0 Å². The standard InChI is InChI=1S/C22H22FN3O4/c1-15-2-4-16(5-3-15)6-9-20(27)24-10-11-30-21(28)13-26-14-25-19-8-7-17(23)12-18(19)22(26)29/h2-5,7-8,12,14H,6,9-11,13H2,1H3,(H,24,27). The highest BCUT2D eigenvalue weighted by Crippen LogP contribution is 2.08. The van der Waals surface area contributed by atoms with Crippen molar-refractivity contribution in [2.75, 3.05) is 13.2 Å². The molecule has 0 saturated heterocycles. The molecule has 0 radical (unpaired) electrons. The molecule has 7 nitrogen and oxygen atoms in total. The summed E-state index contributed by atoms with van der Waals surface area (Å²) in [6.07, 6.45) is 2.19. The second kappa shape index (κ2) is 9.78. The highest BCUT2D eigenvalue weighted by Gasteiger charge is 2.10. The lowest BCUT2D eigenvalue weighted by molar-refractivity contribution is -0.144. The number of aromatic nitrogens is 2. The van der Waals surface area contributed by atoms with Gasteiger partial charge in [-0.25, -0.2) is 9.37 Å². The molecule has 8 heteroatoms. The van der Waals surface area contributed by atoms with Crippen molar-refractivity contribution >= 4 is 22.8 Å². The van der Waals surface area contributed by atoms with Crippen molar-refractivity contribution in [1.82, 2.24) is 14.9 Å². The molecule has 1 amide bonds. The smallest absolute Gasteiger partial charge is 0.326 e. The van der Waals surface area contributed by atoms with Gasteiger partial charge in [0.25, 0.3) is 5.56 Å². The number of carbonyl (C=O) groups is 2. The number of halogens is 1. The maximum Gasteiger partial charge on any atom is 0.326 e. The molecule has 30 heavy (non-hydrogen) atoms. The van der Waals surface area contributed by atoms with Gasteiger partial charge >= 0.3 is 5.97 Å². The van der Waals surface area contributed by atoms with Gasteiger partial charge in [0, 0.05) is 6.42 Å². The minimum absolute atomic E-state index is 0.0144. The van der Waals surface area contributed by atoms with Crippen LogP contribution in [0.15, 0.2) is 53.6 Å². The van der Waals surface area contributed by atoms with Crippen molar-refractivity contribution in [3.05, 3.63) is 76.1 Å². The van der Waals surface area contributed by atoms with Crippen LogP contribution in [-0.2, 0) is 27.3 Å². The predicted octanol–water partition coefficient (Wildman–Crippen LogP) is 2.14. The number of fused-ring (bicyclic) bond motifs is 1. The first-order valence-electron chi connectivity index (χ1n) is 9.55. The molecule has 0 aliphatic heterocycles. The van der Waals surface area contributed by atoms with Gasteiger partial charge in [-0.2, -0.15) is 0 Å². The number of carbonyl (C=O) groups excluding carboxylic acids is 2. The van der Waals surface area contributed by atoms with Gasteiger partial charge in [-0.05, 0) is 37.1 Å². The first-order valence-corrected chi connectivity index (χ1v) is 9.55. The van der Waals surface area contributed by atoms with Gasteiger partial charge in [-0.3, -0.25) is 19.0 Å². The number of benzene rings is 2. The van der Waals surface area contributed by atoms with E-state index in [4.69, 9.17) is 4.74 Å². The quantitative estimate of drug-likeness (QED) is 0.453. The molecule has 1 N–H and O–H groups in total. The van der Waals surface area contributed by atoms with Crippen LogP contribution >= 0.6 is 0 Å². The third-order valence-electron chi connectivity index (χ3n) is 4.53. The van der Waals surface area contributed by atoms with Crippen LogP contribution in [0.5, 0.6) is 0 Å². The minimum atomic E-state index is -0.649. The fourth-order valence-electron chi connectivity index (χ4n) is 2.88. The second-order valence-electron chi connectivity index (χ2n) is 6.90. The third-order valence-corrected chi connectivity index (χ3v) is 4.53. The monoisotopic (exact) mass is 411 g/mol. The van der Waals surface area contributed by atoms with Crippen molar-refractivity contribution < 1.29 is 18.7 Å². The summed E-state index contributed by atoms with van der Waals surface area (Å²) in [5, 5.41) is 2.78. The van der Waals surface area contributed by atoms with Crippen molar-refractivity contribution in [3.63, 3.8) is 0 Å². The predicted molar refractivity (Wildman–Crippen MR) is 109 cm³/mol. The van der Waals surface area contributed by atoms with E-state index < -0.39 is 17.3 Å². The van der Waals surface area contributed by atoms with Gasteiger partial charge in [0.1, 0.15) is 19.0 Å². The molecule has 2 aromatic carbocycles. The summed E-state index contributed by atoms with van der Waals surface area (Å²) in [5.74, 6) is -1.34. The first kappa shape index (κ1) is 21.2. The van der Waals surface area contributed by atoms with E-state index in [9.17, 15) is 18.8 Å². The van der Waals surface area contributed by atoms with Crippen LogP contribution in [-0.4, -0.2) is 34.6 Å². The van der Waals surface area contributed by atoms with E-state index in [1.165, 1.54) is 24.0 Å². The summed E-state index contributed by atoms with van der Waals surface area (Å²) in [6.45, 7) is 1.82. The molecule has 0 fully saturated rings. The van der Waals surface area contributed by atoms with Crippen molar-refractivity contribution in [3.8, 4) is 0 Å². The summed E-state index contributed by atoms with van der Waals surface area (Å²) >= 11 is 0. The van der Waals surface area contributed by atoms with Gasteiger partial charge in [0.05, 0.1) is 23.8 Å². The highest BCUT2D eigenvalue weighted by atomic mass is 19.1. The number of hydrogen-bond acceptors (Lipinski definition) is 5. The maximum absolute atomic E-state index is 13.3. The number of aryl methyl sites for hydroxylation is 2. The Hall–Kier alpha value is -3.55. The largest absolute Gasteiger partial charge is 0.462 e. The van der Waals surface area contributed by atoms with E-state index in [1.54, 1.807) is 0 Å². The van der Waals surface area contributed by atoms with Crippen molar-refractivity contribution in [2.45, 2.75) is 26.3 Å². The molecular weight excluding hydrogens is 389 g/mol. The van der Waals surface area contributed by atoms with E-state index in [1.807, 2.05) is 31.2 Å². The molecule has 0 bridgehead atoms. The summed E-state index contributed by atoms with van der Waals surface area (Å²) < 4.78 is 19.5.